The van der Waals surface area contributed by atoms with Crippen molar-refractivity contribution in [2.75, 3.05) is 13.7 Å². The van der Waals surface area contributed by atoms with Crippen LogP contribution in [0.25, 0.3) is 11.4 Å². The molecule has 0 aliphatic rings. The number of nitrogens with zero attached hydrogens (tertiary/aromatic N) is 5. The van der Waals surface area contributed by atoms with Gasteiger partial charge in [-0.15, -0.1) is 10.2 Å². The summed E-state index contributed by atoms with van der Waals surface area (Å²) in [7, 11) is -0.637. The van der Waals surface area contributed by atoms with Gasteiger partial charge in [0.15, 0.2) is 5.82 Å². The molecule has 2 aromatic heterocycles. The van der Waals surface area contributed by atoms with Gasteiger partial charge in [-0.2, -0.15) is 5.10 Å². The lowest BCUT2D eigenvalue weighted by molar-refractivity contribution is 0.185. The summed E-state index contributed by atoms with van der Waals surface area (Å²) in [6, 6.07) is 0. The lowest BCUT2D eigenvalue weighted by Crippen LogP contribution is -2.20. The SMILES string of the molecule is CCc1nn(C)cc1-c1nnc(S(N)(=O)=O)n1CCOC. The lowest BCUT2D eigenvalue weighted by atomic mass is 10.2. The van der Waals surface area contributed by atoms with E-state index in [1.54, 1.807) is 17.9 Å². The fourth-order valence-electron chi connectivity index (χ4n) is 2.07. The van der Waals surface area contributed by atoms with Crippen LogP contribution >= 0.6 is 0 Å². The van der Waals surface area contributed by atoms with Gasteiger partial charge in [-0.25, -0.2) is 13.6 Å². The molecular formula is C11H18N6O3S. The summed E-state index contributed by atoms with van der Waals surface area (Å²) in [4.78, 5) is 0. The van der Waals surface area contributed by atoms with E-state index in [2.05, 4.69) is 15.3 Å². The summed E-state index contributed by atoms with van der Waals surface area (Å²) >= 11 is 0. The topological polar surface area (TPSA) is 118 Å². The maximum absolute atomic E-state index is 11.6. The van der Waals surface area contributed by atoms with Crippen LogP contribution in [-0.4, -0.2) is 46.7 Å². The third-order valence-corrected chi connectivity index (χ3v) is 3.78. The predicted molar refractivity (Wildman–Crippen MR) is 74.9 cm³/mol. The number of hydrogen-bond donors (Lipinski definition) is 1. The highest BCUT2D eigenvalue weighted by atomic mass is 32.2. The quantitative estimate of drug-likeness (QED) is 0.770. The molecular weight excluding hydrogens is 296 g/mol. The van der Waals surface area contributed by atoms with Gasteiger partial charge in [-0.1, -0.05) is 6.92 Å². The summed E-state index contributed by atoms with van der Waals surface area (Å²) in [5, 5.41) is 16.9. The van der Waals surface area contributed by atoms with Crippen LogP contribution in [0.5, 0.6) is 0 Å². The predicted octanol–water partition coefficient (Wildman–Crippen LogP) is -0.465. The smallest absolute Gasteiger partial charge is 0.273 e. The van der Waals surface area contributed by atoms with Gasteiger partial charge in [0.25, 0.3) is 15.2 Å². The van der Waals surface area contributed by atoms with E-state index < -0.39 is 10.0 Å². The molecule has 116 valence electrons. The number of aryl methyl sites for hydroxylation is 2. The van der Waals surface area contributed by atoms with Gasteiger partial charge in [-0.3, -0.25) is 9.25 Å². The molecule has 0 amide bonds. The van der Waals surface area contributed by atoms with Crippen molar-refractivity contribution in [1.29, 1.82) is 0 Å². The van der Waals surface area contributed by atoms with Crippen LogP contribution in [0.4, 0.5) is 0 Å². The average molecular weight is 314 g/mol. The number of aromatic nitrogens is 5. The van der Waals surface area contributed by atoms with Crippen LogP contribution in [0, 0.1) is 0 Å². The second kappa shape index (κ2) is 5.92. The van der Waals surface area contributed by atoms with E-state index in [1.165, 1.54) is 11.7 Å². The summed E-state index contributed by atoms with van der Waals surface area (Å²) in [6.45, 7) is 2.56. The Kier molecular flexibility index (Phi) is 4.40. The molecule has 21 heavy (non-hydrogen) atoms. The van der Waals surface area contributed by atoms with E-state index in [0.717, 1.165) is 11.3 Å². The highest BCUT2D eigenvalue weighted by molar-refractivity contribution is 7.89. The van der Waals surface area contributed by atoms with Gasteiger partial charge in [0, 0.05) is 20.4 Å². The Labute approximate surface area is 122 Å². The number of nitrogens with two attached hydrogens (primary N) is 1. The molecule has 2 rings (SSSR count). The largest absolute Gasteiger partial charge is 0.383 e. The Balaban J connectivity index is 2.60. The van der Waals surface area contributed by atoms with Crippen LogP contribution in [0.15, 0.2) is 11.4 Å². The Morgan fingerprint density at radius 1 is 1.38 bits per heavy atom. The number of methoxy groups -OCH3 is 1. The first kappa shape index (κ1) is 15.6. The maximum atomic E-state index is 11.6. The van der Waals surface area contributed by atoms with Crippen LogP contribution < -0.4 is 5.14 Å². The van der Waals surface area contributed by atoms with Crippen molar-refractivity contribution in [1.82, 2.24) is 24.5 Å². The fraction of sp³-hybridized carbons (Fsp3) is 0.545. The highest BCUT2D eigenvalue weighted by Gasteiger charge is 2.24. The molecule has 0 unspecified atom stereocenters. The average Bonchev–Trinajstić information content (AvgIpc) is 2.98. The molecule has 0 aliphatic carbocycles. The first-order valence-corrected chi connectivity index (χ1v) is 7.91. The first-order chi connectivity index (χ1) is 9.88. The number of hydrogen-bond acceptors (Lipinski definition) is 6. The molecule has 0 fully saturated rings. The molecule has 0 atom stereocenters. The Morgan fingerprint density at radius 3 is 2.67 bits per heavy atom. The monoisotopic (exact) mass is 314 g/mol. The summed E-state index contributed by atoms with van der Waals surface area (Å²) < 4.78 is 31.3. The molecule has 2 aromatic rings. The van der Waals surface area contributed by atoms with E-state index in [-0.39, 0.29) is 11.7 Å². The van der Waals surface area contributed by atoms with Crippen molar-refractivity contribution in [2.24, 2.45) is 12.2 Å². The molecule has 0 radical (unpaired) electrons. The second-order valence-corrected chi connectivity index (χ2v) is 5.97. The molecule has 0 aliphatic heterocycles. The summed E-state index contributed by atoms with van der Waals surface area (Å²) in [5.74, 6) is 0.418. The molecule has 0 saturated carbocycles. The maximum Gasteiger partial charge on any atom is 0.273 e. The third kappa shape index (κ3) is 3.12. The van der Waals surface area contributed by atoms with Crippen LogP contribution in [-0.2, 0) is 34.8 Å². The molecule has 0 bridgehead atoms. The van der Waals surface area contributed by atoms with Gasteiger partial charge in [-0.05, 0) is 6.42 Å². The Hall–Kier alpha value is -1.78. The number of ether oxygens (including phenoxy) is 1. The van der Waals surface area contributed by atoms with Crippen LogP contribution in [0.3, 0.4) is 0 Å². The minimum Gasteiger partial charge on any atom is -0.383 e. The normalized spacial score (nSPS) is 12.0. The second-order valence-electron chi connectivity index (χ2n) is 4.51. The number of sulfonamides is 1. The van der Waals surface area contributed by atoms with Gasteiger partial charge < -0.3 is 4.74 Å². The fourth-order valence-corrected chi connectivity index (χ4v) is 2.70. The van der Waals surface area contributed by atoms with Crippen molar-refractivity contribution < 1.29 is 13.2 Å². The molecule has 0 spiro atoms. The van der Waals surface area contributed by atoms with Gasteiger partial charge in [0.1, 0.15) is 0 Å². The molecule has 2 heterocycles. The zero-order valence-electron chi connectivity index (χ0n) is 12.1. The number of primary sulfonamides is 1. The number of rotatable bonds is 6. The van der Waals surface area contributed by atoms with Crippen molar-refractivity contribution in [3.8, 4) is 11.4 Å². The van der Waals surface area contributed by atoms with Gasteiger partial charge >= 0.3 is 0 Å². The van der Waals surface area contributed by atoms with Crippen LogP contribution in [0.2, 0.25) is 0 Å². The van der Waals surface area contributed by atoms with Gasteiger partial charge in [0.05, 0.1) is 24.4 Å². The highest BCUT2D eigenvalue weighted by Crippen LogP contribution is 2.23. The molecule has 9 nitrogen and oxygen atoms in total. The zero-order valence-corrected chi connectivity index (χ0v) is 13.0. The molecule has 2 N–H and O–H groups in total. The zero-order chi connectivity index (χ0) is 15.6. The minimum atomic E-state index is -3.96. The standard InChI is InChI=1S/C11H18N6O3S/c1-4-9-8(7-16(2)15-9)10-13-14-11(21(12,18)19)17(10)5-6-20-3/h7H,4-6H2,1-3H3,(H2,12,18,19). The third-order valence-electron chi connectivity index (χ3n) is 2.97. The van der Waals surface area contributed by atoms with Gasteiger partial charge in [0.2, 0.25) is 0 Å². The van der Waals surface area contributed by atoms with E-state index in [9.17, 15) is 8.42 Å². The van der Waals surface area contributed by atoms with E-state index >= 15 is 0 Å². The minimum absolute atomic E-state index is 0.277. The van der Waals surface area contributed by atoms with Crippen molar-refractivity contribution in [3.63, 3.8) is 0 Å². The van der Waals surface area contributed by atoms with E-state index in [1.807, 2.05) is 6.92 Å². The van der Waals surface area contributed by atoms with E-state index in [0.29, 0.717) is 18.9 Å². The lowest BCUT2D eigenvalue weighted by Gasteiger charge is -2.08. The van der Waals surface area contributed by atoms with E-state index in [4.69, 9.17) is 9.88 Å². The summed E-state index contributed by atoms with van der Waals surface area (Å²) in [5.41, 5.74) is 1.54. The van der Waals surface area contributed by atoms with Crippen molar-refractivity contribution >= 4 is 10.0 Å². The van der Waals surface area contributed by atoms with Crippen molar-refractivity contribution in [3.05, 3.63) is 11.9 Å². The first-order valence-electron chi connectivity index (χ1n) is 6.36. The van der Waals surface area contributed by atoms with Crippen LogP contribution in [0.1, 0.15) is 12.6 Å². The molecule has 0 saturated heterocycles. The Morgan fingerprint density at radius 2 is 2.10 bits per heavy atom. The molecule has 10 heteroatoms. The summed E-state index contributed by atoms with van der Waals surface area (Å²) in [6.07, 6.45) is 2.47. The molecule has 0 aromatic carbocycles. The van der Waals surface area contributed by atoms with Crippen molar-refractivity contribution in [2.45, 2.75) is 25.0 Å². The Bertz CT molecular complexity index is 733.